The second-order valence-corrected chi connectivity index (χ2v) is 7.11. The number of amides is 1. The highest BCUT2D eigenvalue weighted by Gasteiger charge is 2.22. The molecule has 0 spiro atoms. The number of rotatable bonds is 7. The van der Waals surface area contributed by atoms with Crippen LogP contribution in [0.25, 0.3) is 0 Å². The molecule has 2 N–H and O–H groups in total. The predicted molar refractivity (Wildman–Crippen MR) is 87.8 cm³/mol. The van der Waals surface area contributed by atoms with Crippen LogP contribution in [0.2, 0.25) is 0 Å². The van der Waals surface area contributed by atoms with Crippen LogP contribution in [0.15, 0.2) is 0 Å². The number of nitrogens with one attached hydrogen (secondary N) is 2. The summed E-state index contributed by atoms with van der Waals surface area (Å²) in [6.45, 7) is 5.15. The summed E-state index contributed by atoms with van der Waals surface area (Å²) in [4.78, 5) is 14.6. The van der Waals surface area contributed by atoms with Crippen LogP contribution in [0.3, 0.4) is 0 Å². The average molecular weight is 315 g/mol. The van der Waals surface area contributed by atoms with Crippen LogP contribution in [0, 0.1) is 0 Å². The number of methoxy groups -OCH3 is 1. The van der Waals surface area contributed by atoms with E-state index in [9.17, 15) is 4.79 Å². The van der Waals surface area contributed by atoms with Crippen LogP contribution in [0.4, 0.5) is 0 Å². The van der Waals surface area contributed by atoms with Crippen LogP contribution in [0.1, 0.15) is 25.7 Å². The van der Waals surface area contributed by atoms with Crippen molar-refractivity contribution >= 4 is 17.7 Å². The summed E-state index contributed by atoms with van der Waals surface area (Å²) < 4.78 is 5.09. The average Bonchev–Trinajstić information content (AvgIpc) is 2.50. The highest BCUT2D eigenvalue weighted by Crippen LogP contribution is 2.13. The summed E-state index contributed by atoms with van der Waals surface area (Å²) in [5, 5.41) is 6.64. The summed E-state index contributed by atoms with van der Waals surface area (Å²) in [5.41, 5.74) is 0. The highest BCUT2D eigenvalue weighted by atomic mass is 32.2. The van der Waals surface area contributed by atoms with Crippen LogP contribution < -0.4 is 10.6 Å². The number of carbonyl (C=O) groups is 1. The topological polar surface area (TPSA) is 53.6 Å². The minimum Gasteiger partial charge on any atom is -0.385 e. The van der Waals surface area contributed by atoms with E-state index in [0.717, 1.165) is 57.8 Å². The van der Waals surface area contributed by atoms with Gasteiger partial charge in [-0.05, 0) is 19.3 Å². The van der Waals surface area contributed by atoms with Gasteiger partial charge in [0.1, 0.15) is 0 Å². The molecule has 1 amide bonds. The van der Waals surface area contributed by atoms with Crippen LogP contribution in [0.5, 0.6) is 0 Å². The lowest BCUT2D eigenvalue weighted by Gasteiger charge is -2.32. The van der Waals surface area contributed by atoms with Crippen molar-refractivity contribution in [2.45, 2.75) is 37.8 Å². The summed E-state index contributed by atoms with van der Waals surface area (Å²) in [6, 6.07) is 0.727. The third kappa shape index (κ3) is 6.55. The van der Waals surface area contributed by atoms with Crippen LogP contribution in [-0.2, 0) is 9.53 Å². The van der Waals surface area contributed by atoms with Gasteiger partial charge < -0.3 is 20.3 Å². The molecule has 2 fully saturated rings. The Hall–Kier alpha value is -0.300. The van der Waals surface area contributed by atoms with Crippen molar-refractivity contribution in [1.82, 2.24) is 15.5 Å². The second-order valence-electron chi connectivity index (χ2n) is 5.96. The number of hydrogen-bond acceptors (Lipinski definition) is 5. The van der Waals surface area contributed by atoms with Crippen LogP contribution in [-0.4, -0.2) is 74.3 Å². The molecule has 6 heteroatoms. The molecule has 0 radical (unpaired) electrons. The first kappa shape index (κ1) is 17.1. The van der Waals surface area contributed by atoms with Crippen molar-refractivity contribution in [3.05, 3.63) is 0 Å². The van der Waals surface area contributed by atoms with Gasteiger partial charge in [0.15, 0.2) is 0 Å². The first-order valence-electron chi connectivity index (χ1n) is 8.09. The summed E-state index contributed by atoms with van der Waals surface area (Å²) >= 11 is 1.94. The lowest BCUT2D eigenvalue weighted by atomic mass is 10.0. The fraction of sp³-hybridized carbons (Fsp3) is 0.933. The van der Waals surface area contributed by atoms with Crippen molar-refractivity contribution in [3.63, 3.8) is 0 Å². The normalized spacial score (nSPS) is 24.9. The number of thioether (sulfide) groups is 1. The molecule has 122 valence electrons. The van der Waals surface area contributed by atoms with E-state index >= 15 is 0 Å². The van der Waals surface area contributed by atoms with Gasteiger partial charge in [-0.25, -0.2) is 0 Å². The van der Waals surface area contributed by atoms with E-state index in [4.69, 9.17) is 4.74 Å². The van der Waals surface area contributed by atoms with Crippen molar-refractivity contribution in [2.24, 2.45) is 0 Å². The van der Waals surface area contributed by atoms with Gasteiger partial charge in [0, 0.05) is 69.9 Å². The Kier molecular flexibility index (Phi) is 7.85. The first-order chi connectivity index (χ1) is 10.3. The third-order valence-electron chi connectivity index (χ3n) is 4.21. The smallest absolute Gasteiger partial charge is 0.221 e. The van der Waals surface area contributed by atoms with Crippen molar-refractivity contribution in [2.75, 3.05) is 51.4 Å². The minimum absolute atomic E-state index is 0.216. The molecule has 0 saturated carbocycles. The van der Waals surface area contributed by atoms with Crippen molar-refractivity contribution in [3.8, 4) is 0 Å². The van der Waals surface area contributed by atoms with Gasteiger partial charge in [-0.2, -0.15) is 11.8 Å². The number of ether oxygens (including phenoxy) is 1. The number of likely N-dealkylation sites (tertiary alicyclic amines) is 1. The Morgan fingerprint density at radius 2 is 2.24 bits per heavy atom. The monoisotopic (exact) mass is 315 g/mol. The zero-order chi connectivity index (χ0) is 14.9. The van der Waals surface area contributed by atoms with E-state index in [2.05, 4.69) is 15.5 Å². The van der Waals surface area contributed by atoms with Crippen molar-refractivity contribution < 1.29 is 9.53 Å². The molecule has 0 aliphatic carbocycles. The molecule has 21 heavy (non-hydrogen) atoms. The lowest BCUT2D eigenvalue weighted by molar-refractivity contribution is -0.122. The molecule has 2 rings (SSSR count). The molecule has 2 saturated heterocycles. The number of hydrogen-bond donors (Lipinski definition) is 2. The fourth-order valence-electron chi connectivity index (χ4n) is 2.99. The van der Waals surface area contributed by atoms with E-state index in [1.165, 1.54) is 5.75 Å². The summed E-state index contributed by atoms with van der Waals surface area (Å²) in [5.74, 6) is 2.44. The second kappa shape index (κ2) is 9.66. The maximum Gasteiger partial charge on any atom is 0.221 e. The summed E-state index contributed by atoms with van der Waals surface area (Å²) in [6.07, 6.45) is 3.87. The Bertz CT molecular complexity index is 303. The molecule has 0 bridgehead atoms. The zero-order valence-electron chi connectivity index (χ0n) is 13.1. The molecule has 1 atom stereocenters. The van der Waals surface area contributed by atoms with E-state index in [-0.39, 0.29) is 5.91 Å². The molecule has 2 aliphatic heterocycles. The largest absolute Gasteiger partial charge is 0.385 e. The molecule has 0 aromatic rings. The Morgan fingerprint density at radius 3 is 2.90 bits per heavy atom. The standard InChI is InChI=1S/C15H29N3O2S/c1-20-9-2-6-18-7-3-13(4-8-18)17-15(19)11-14-12-21-10-5-16-14/h13-14,16H,2-12H2,1H3,(H,17,19). The van der Waals surface area contributed by atoms with Crippen LogP contribution >= 0.6 is 11.8 Å². The number of nitrogens with zero attached hydrogens (tertiary/aromatic N) is 1. The van der Waals surface area contributed by atoms with Gasteiger partial charge >= 0.3 is 0 Å². The minimum atomic E-state index is 0.216. The fourth-order valence-corrected chi connectivity index (χ4v) is 3.94. The molecule has 2 aliphatic rings. The van der Waals surface area contributed by atoms with E-state index < -0.39 is 0 Å². The third-order valence-corrected chi connectivity index (χ3v) is 5.34. The molecular formula is C15H29N3O2S. The molecule has 1 unspecified atom stereocenters. The quantitative estimate of drug-likeness (QED) is 0.677. The van der Waals surface area contributed by atoms with Gasteiger partial charge in [0.2, 0.25) is 5.91 Å². The SMILES string of the molecule is COCCCN1CCC(NC(=O)CC2CSCCN2)CC1. The van der Waals surface area contributed by atoms with Crippen molar-refractivity contribution in [1.29, 1.82) is 0 Å². The van der Waals surface area contributed by atoms with E-state index in [0.29, 0.717) is 18.5 Å². The Balaban J connectivity index is 1.58. The first-order valence-corrected chi connectivity index (χ1v) is 9.25. The maximum absolute atomic E-state index is 12.1. The van der Waals surface area contributed by atoms with Gasteiger partial charge in [-0.15, -0.1) is 0 Å². The molecule has 0 aromatic heterocycles. The highest BCUT2D eigenvalue weighted by molar-refractivity contribution is 7.99. The van der Waals surface area contributed by atoms with E-state index in [1.807, 2.05) is 11.8 Å². The molecule has 0 aromatic carbocycles. The predicted octanol–water partition coefficient (Wildman–Crippen LogP) is 0.699. The number of carbonyl (C=O) groups excluding carboxylic acids is 1. The number of piperidine rings is 1. The Morgan fingerprint density at radius 1 is 1.43 bits per heavy atom. The lowest BCUT2D eigenvalue weighted by Crippen LogP contribution is -2.47. The van der Waals surface area contributed by atoms with Gasteiger partial charge in [-0.3, -0.25) is 4.79 Å². The van der Waals surface area contributed by atoms with Gasteiger partial charge in [0.05, 0.1) is 0 Å². The Labute approximate surface area is 132 Å². The summed E-state index contributed by atoms with van der Waals surface area (Å²) in [7, 11) is 1.75. The van der Waals surface area contributed by atoms with E-state index in [1.54, 1.807) is 7.11 Å². The van der Waals surface area contributed by atoms with Gasteiger partial charge in [-0.1, -0.05) is 0 Å². The molecular weight excluding hydrogens is 286 g/mol. The zero-order valence-corrected chi connectivity index (χ0v) is 13.9. The maximum atomic E-state index is 12.1. The van der Waals surface area contributed by atoms with Gasteiger partial charge in [0.25, 0.3) is 0 Å². The molecule has 2 heterocycles. The molecule has 5 nitrogen and oxygen atoms in total.